The molecule has 0 radical (unpaired) electrons. The molecule has 0 aromatic carbocycles. The topological polar surface area (TPSA) is 52.9 Å². The van der Waals surface area contributed by atoms with E-state index in [1.54, 1.807) is 20.8 Å². The zero-order chi connectivity index (χ0) is 12.5. The van der Waals surface area contributed by atoms with Crippen LogP contribution >= 0.6 is 0 Å². The average molecular weight is 226 g/mol. The van der Waals surface area contributed by atoms with Crippen LogP contribution in [0.3, 0.4) is 0 Å². The van der Waals surface area contributed by atoms with E-state index < -0.39 is 17.6 Å². The lowest BCUT2D eigenvalue weighted by Crippen LogP contribution is -2.57. The molecule has 0 amide bonds. The number of nitrogens with one attached hydrogen (secondary N) is 1. The molecule has 0 aromatic rings. The molecule has 1 fully saturated rings. The highest BCUT2D eigenvalue weighted by atomic mass is 19.1. The molecular formula is C12H19FN2O. The monoisotopic (exact) mass is 226 g/mol. The summed E-state index contributed by atoms with van der Waals surface area (Å²) in [6, 6.07) is 1.17. The van der Waals surface area contributed by atoms with E-state index >= 15 is 0 Å². The van der Waals surface area contributed by atoms with Gasteiger partial charge in [-0.15, -0.1) is 0 Å². The summed E-state index contributed by atoms with van der Waals surface area (Å²) in [7, 11) is 0. The van der Waals surface area contributed by atoms with E-state index in [-0.39, 0.29) is 24.2 Å². The summed E-state index contributed by atoms with van der Waals surface area (Å²) in [6.07, 6.45) is -1.11. The minimum Gasteiger partial charge on any atom is -0.301 e. The van der Waals surface area contributed by atoms with E-state index in [4.69, 9.17) is 5.26 Å². The Labute approximate surface area is 96.0 Å². The largest absolute Gasteiger partial charge is 0.301 e. The first-order valence-electron chi connectivity index (χ1n) is 5.61. The molecule has 4 heteroatoms. The van der Waals surface area contributed by atoms with Gasteiger partial charge in [0, 0.05) is 11.5 Å². The Bertz CT molecular complexity index is 316. The number of Topliss-reactive ketones (excluding diaryl/α,β-unsaturated/α-hetero) is 1. The molecule has 3 nitrogen and oxygen atoms in total. The lowest BCUT2D eigenvalue weighted by molar-refractivity contribution is -0.131. The van der Waals surface area contributed by atoms with Crippen LogP contribution in [0.5, 0.6) is 0 Å². The summed E-state index contributed by atoms with van der Waals surface area (Å²) < 4.78 is 13.8. The number of rotatable bonds is 1. The molecule has 0 spiro atoms. The van der Waals surface area contributed by atoms with Crippen LogP contribution in [0.15, 0.2) is 0 Å². The maximum absolute atomic E-state index is 13.8. The minimum absolute atomic E-state index is 0.122. The highest BCUT2D eigenvalue weighted by Gasteiger charge is 2.41. The van der Waals surface area contributed by atoms with Crippen LogP contribution < -0.4 is 5.32 Å². The van der Waals surface area contributed by atoms with Crippen molar-refractivity contribution in [2.45, 2.75) is 52.4 Å². The molecule has 0 bridgehead atoms. The lowest BCUT2D eigenvalue weighted by atomic mass is 9.79. The van der Waals surface area contributed by atoms with E-state index in [9.17, 15) is 9.18 Å². The summed E-state index contributed by atoms with van der Waals surface area (Å²) in [5, 5.41) is 11.7. The Balaban J connectivity index is 2.79. The number of piperidine rings is 1. The van der Waals surface area contributed by atoms with Gasteiger partial charge < -0.3 is 5.32 Å². The third-order valence-electron chi connectivity index (χ3n) is 3.07. The van der Waals surface area contributed by atoms with Gasteiger partial charge in [0.15, 0.2) is 5.78 Å². The molecule has 1 N–H and O–H groups in total. The Morgan fingerprint density at radius 2 is 2.06 bits per heavy atom. The standard InChI is InChI=1S/C12H19FN2O/c1-7-8(6-14)5-9(13)10(15-7)11(16)12(2,3)4/h7-10,15H,5H2,1-4H3. The minimum atomic E-state index is -1.26. The van der Waals surface area contributed by atoms with Crippen LogP contribution in [0.1, 0.15) is 34.1 Å². The summed E-state index contributed by atoms with van der Waals surface area (Å²) >= 11 is 0. The van der Waals surface area contributed by atoms with Gasteiger partial charge in [0.2, 0.25) is 0 Å². The Kier molecular flexibility index (Phi) is 3.69. The molecule has 16 heavy (non-hydrogen) atoms. The van der Waals surface area contributed by atoms with E-state index in [0.29, 0.717) is 0 Å². The van der Waals surface area contributed by atoms with Crippen molar-refractivity contribution in [2.24, 2.45) is 11.3 Å². The highest BCUT2D eigenvalue weighted by Crippen LogP contribution is 2.27. The normalized spacial score (nSPS) is 35.5. The van der Waals surface area contributed by atoms with Crippen molar-refractivity contribution in [3.8, 4) is 6.07 Å². The second-order valence-electron chi connectivity index (χ2n) is 5.53. The average Bonchev–Trinajstić information content (AvgIpc) is 2.18. The summed E-state index contributed by atoms with van der Waals surface area (Å²) in [4.78, 5) is 12.0. The van der Waals surface area contributed by atoms with Crippen molar-refractivity contribution in [3.63, 3.8) is 0 Å². The highest BCUT2D eigenvalue weighted by molar-refractivity contribution is 5.89. The SMILES string of the molecule is CC1NC(C(=O)C(C)(C)C)C(F)CC1C#N. The number of carbonyl (C=O) groups is 1. The van der Waals surface area contributed by atoms with Crippen LogP contribution in [0, 0.1) is 22.7 Å². The second-order valence-corrected chi connectivity index (χ2v) is 5.53. The Morgan fingerprint density at radius 1 is 1.50 bits per heavy atom. The fourth-order valence-corrected chi connectivity index (χ4v) is 1.96. The van der Waals surface area contributed by atoms with Crippen LogP contribution in [-0.2, 0) is 4.79 Å². The van der Waals surface area contributed by atoms with Gasteiger partial charge in [0.25, 0.3) is 0 Å². The van der Waals surface area contributed by atoms with Gasteiger partial charge in [0.05, 0.1) is 18.0 Å². The zero-order valence-corrected chi connectivity index (χ0v) is 10.2. The van der Waals surface area contributed by atoms with Crippen molar-refractivity contribution in [2.75, 3.05) is 0 Å². The van der Waals surface area contributed by atoms with Crippen LogP contribution in [0.25, 0.3) is 0 Å². The van der Waals surface area contributed by atoms with Crippen molar-refractivity contribution in [3.05, 3.63) is 0 Å². The van der Waals surface area contributed by atoms with E-state index in [1.807, 2.05) is 6.92 Å². The summed E-state index contributed by atoms with van der Waals surface area (Å²) in [6.45, 7) is 7.17. The summed E-state index contributed by atoms with van der Waals surface area (Å²) in [5.41, 5.74) is -0.554. The summed E-state index contributed by atoms with van der Waals surface area (Å²) in [5.74, 6) is -0.470. The quantitative estimate of drug-likeness (QED) is 0.742. The molecule has 0 aromatic heterocycles. The molecular weight excluding hydrogens is 207 g/mol. The third-order valence-corrected chi connectivity index (χ3v) is 3.07. The van der Waals surface area contributed by atoms with Gasteiger partial charge in [-0.25, -0.2) is 4.39 Å². The van der Waals surface area contributed by atoms with E-state index in [1.165, 1.54) is 0 Å². The first-order chi connectivity index (χ1) is 7.27. The smallest absolute Gasteiger partial charge is 0.158 e. The third kappa shape index (κ3) is 2.59. The maximum Gasteiger partial charge on any atom is 0.158 e. The van der Waals surface area contributed by atoms with Crippen molar-refractivity contribution in [1.29, 1.82) is 5.26 Å². The van der Waals surface area contributed by atoms with Gasteiger partial charge in [-0.1, -0.05) is 20.8 Å². The van der Waals surface area contributed by atoms with Crippen LogP contribution in [0.2, 0.25) is 0 Å². The molecule has 1 aliphatic rings. The number of nitrogens with zero attached hydrogens (tertiary/aromatic N) is 1. The zero-order valence-electron chi connectivity index (χ0n) is 10.2. The van der Waals surface area contributed by atoms with Crippen molar-refractivity contribution >= 4 is 5.78 Å². The van der Waals surface area contributed by atoms with Gasteiger partial charge in [-0.05, 0) is 13.3 Å². The number of halogens is 1. The molecule has 4 atom stereocenters. The Morgan fingerprint density at radius 3 is 2.50 bits per heavy atom. The molecule has 1 saturated heterocycles. The first-order valence-corrected chi connectivity index (χ1v) is 5.61. The van der Waals surface area contributed by atoms with Gasteiger partial charge in [-0.3, -0.25) is 4.79 Å². The predicted molar refractivity (Wildman–Crippen MR) is 59.5 cm³/mol. The van der Waals surface area contributed by atoms with E-state index in [2.05, 4.69) is 11.4 Å². The fraction of sp³-hybridized carbons (Fsp3) is 0.833. The van der Waals surface area contributed by atoms with Gasteiger partial charge in [0.1, 0.15) is 6.17 Å². The molecule has 90 valence electrons. The van der Waals surface area contributed by atoms with Crippen LogP contribution in [0.4, 0.5) is 4.39 Å². The number of ketones is 1. The molecule has 1 heterocycles. The molecule has 1 aliphatic heterocycles. The first kappa shape index (κ1) is 13.1. The van der Waals surface area contributed by atoms with Crippen molar-refractivity contribution in [1.82, 2.24) is 5.32 Å². The number of hydrogen-bond donors (Lipinski definition) is 1. The predicted octanol–water partition coefficient (Wildman–Crippen LogP) is 1.83. The van der Waals surface area contributed by atoms with E-state index in [0.717, 1.165) is 0 Å². The molecule has 0 aliphatic carbocycles. The van der Waals surface area contributed by atoms with Gasteiger partial charge in [-0.2, -0.15) is 5.26 Å². The fourth-order valence-electron chi connectivity index (χ4n) is 1.96. The molecule has 4 unspecified atom stereocenters. The van der Waals surface area contributed by atoms with Crippen molar-refractivity contribution < 1.29 is 9.18 Å². The number of alkyl halides is 1. The maximum atomic E-state index is 13.8. The van der Waals surface area contributed by atoms with Crippen LogP contribution in [-0.4, -0.2) is 24.0 Å². The molecule has 1 rings (SSSR count). The number of hydrogen-bond acceptors (Lipinski definition) is 3. The second kappa shape index (κ2) is 4.50. The lowest BCUT2D eigenvalue weighted by Gasteiger charge is -2.36. The number of nitriles is 1. The number of carbonyl (C=O) groups excluding carboxylic acids is 1. The van der Waals surface area contributed by atoms with Gasteiger partial charge >= 0.3 is 0 Å². The molecule has 0 saturated carbocycles. The Hall–Kier alpha value is -0.950.